The van der Waals surface area contributed by atoms with Gasteiger partial charge in [0.05, 0.1) is 12.6 Å². The van der Waals surface area contributed by atoms with Gasteiger partial charge in [-0.1, -0.05) is 15.9 Å². The molecular formula is C13H24BrNO3. The highest BCUT2D eigenvalue weighted by Crippen LogP contribution is 2.17. The average molecular weight is 322 g/mol. The van der Waals surface area contributed by atoms with Gasteiger partial charge in [0.25, 0.3) is 0 Å². The molecule has 1 aliphatic heterocycles. The summed E-state index contributed by atoms with van der Waals surface area (Å²) in [5.74, 6) is 0. The van der Waals surface area contributed by atoms with E-state index in [1.54, 1.807) is 4.90 Å². The summed E-state index contributed by atoms with van der Waals surface area (Å²) >= 11 is 3.39. The van der Waals surface area contributed by atoms with Crippen molar-refractivity contribution in [1.82, 2.24) is 4.90 Å². The Balaban J connectivity index is 2.22. The number of hydrogen-bond donors (Lipinski definition) is 0. The maximum atomic E-state index is 11.8. The van der Waals surface area contributed by atoms with Crippen molar-refractivity contribution in [3.8, 4) is 0 Å². The van der Waals surface area contributed by atoms with Crippen LogP contribution in [0.3, 0.4) is 0 Å². The first-order chi connectivity index (χ1) is 8.42. The first kappa shape index (κ1) is 15.8. The predicted octanol–water partition coefficient (Wildman–Crippen LogP) is 3.19. The largest absolute Gasteiger partial charge is 0.444 e. The van der Waals surface area contributed by atoms with Gasteiger partial charge in [-0.15, -0.1) is 0 Å². The van der Waals surface area contributed by atoms with Gasteiger partial charge in [-0.25, -0.2) is 4.79 Å². The summed E-state index contributed by atoms with van der Waals surface area (Å²) in [6.07, 6.45) is 3.05. The van der Waals surface area contributed by atoms with Gasteiger partial charge in [0, 0.05) is 18.5 Å². The normalized spacial score (nSPS) is 20.2. The third-order valence-electron chi connectivity index (χ3n) is 2.68. The molecule has 0 unspecified atom stereocenters. The molecule has 0 radical (unpaired) electrons. The SMILES string of the molecule is CC(C)(C)OC(=O)N1CC[C@@H](OCCCCBr)C1. The van der Waals surface area contributed by atoms with Crippen LogP contribution in [-0.2, 0) is 9.47 Å². The molecule has 0 saturated carbocycles. The van der Waals surface area contributed by atoms with Gasteiger partial charge in [-0.05, 0) is 40.0 Å². The van der Waals surface area contributed by atoms with Crippen LogP contribution in [-0.4, -0.2) is 47.7 Å². The highest BCUT2D eigenvalue weighted by molar-refractivity contribution is 9.09. The number of rotatable bonds is 5. The number of alkyl halides is 1. The van der Waals surface area contributed by atoms with Crippen molar-refractivity contribution in [2.45, 2.75) is 51.7 Å². The first-order valence-corrected chi connectivity index (χ1v) is 7.70. The summed E-state index contributed by atoms with van der Waals surface area (Å²) in [4.78, 5) is 13.6. The fourth-order valence-electron chi connectivity index (χ4n) is 1.80. The lowest BCUT2D eigenvalue weighted by molar-refractivity contribution is 0.0208. The lowest BCUT2D eigenvalue weighted by Crippen LogP contribution is -2.36. The second-order valence-electron chi connectivity index (χ2n) is 5.60. The fraction of sp³-hybridized carbons (Fsp3) is 0.923. The van der Waals surface area contributed by atoms with Crippen molar-refractivity contribution < 1.29 is 14.3 Å². The van der Waals surface area contributed by atoms with E-state index >= 15 is 0 Å². The van der Waals surface area contributed by atoms with Crippen LogP contribution >= 0.6 is 15.9 Å². The molecule has 0 aromatic heterocycles. The third kappa shape index (κ3) is 6.05. The summed E-state index contributed by atoms with van der Waals surface area (Å²) in [6, 6.07) is 0. The highest BCUT2D eigenvalue weighted by Gasteiger charge is 2.29. The number of carbonyl (C=O) groups is 1. The second-order valence-corrected chi connectivity index (χ2v) is 6.40. The van der Waals surface area contributed by atoms with Gasteiger partial charge in [0.1, 0.15) is 5.60 Å². The number of nitrogens with zero attached hydrogens (tertiary/aromatic N) is 1. The van der Waals surface area contributed by atoms with E-state index in [2.05, 4.69) is 15.9 Å². The van der Waals surface area contributed by atoms with Gasteiger partial charge >= 0.3 is 6.09 Å². The second kappa shape index (κ2) is 7.34. The number of carbonyl (C=O) groups excluding carboxylic acids is 1. The first-order valence-electron chi connectivity index (χ1n) is 6.58. The van der Waals surface area contributed by atoms with Crippen molar-refractivity contribution in [1.29, 1.82) is 0 Å². The molecule has 0 aromatic carbocycles. The molecule has 4 nitrogen and oxygen atoms in total. The summed E-state index contributed by atoms with van der Waals surface area (Å²) in [6.45, 7) is 7.82. The zero-order chi connectivity index (χ0) is 13.6. The molecule has 1 atom stereocenters. The van der Waals surface area contributed by atoms with Crippen LogP contribution in [0, 0.1) is 0 Å². The molecule has 1 amide bonds. The molecule has 1 fully saturated rings. The maximum Gasteiger partial charge on any atom is 0.410 e. The van der Waals surface area contributed by atoms with Gasteiger partial charge in [-0.2, -0.15) is 0 Å². The van der Waals surface area contributed by atoms with E-state index in [1.165, 1.54) is 0 Å². The number of hydrogen-bond acceptors (Lipinski definition) is 3. The molecule has 18 heavy (non-hydrogen) atoms. The molecule has 1 rings (SSSR count). The Morgan fingerprint density at radius 3 is 2.72 bits per heavy atom. The molecule has 1 saturated heterocycles. The number of amides is 1. The quantitative estimate of drug-likeness (QED) is 0.576. The van der Waals surface area contributed by atoms with Crippen molar-refractivity contribution in [2.24, 2.45) is 0 Å². The van der Waals surface area contributed by atoms with Crippen LogP contribution in [0.15, 0.2) is 0 Å². The Morgan fingerprint density at radius 1 is 1.39 bits per heavy atom. The monoisotopic (exact) mass is 321 g/mol. The lowest BCUT2D eigenvalue weighted by Gasteiger charge is -2.24. The predicted molar refractivity (Wildman–Crippen MR) is 75.2 cm³/mol. The van der Waals surface area contributed by atoms with E-state index in [0.717, 1.165) is 37.7 Å². The number of unbranched alkanes of at least 4 members (excludes halogenated alkanes) is 1. The van der Waals surface area contributed by atoms with Gasteiger partial charge < -0.3 is 14.4 Å². The van der Waals surface area contributed by atoms with Gasteiger partial charge in [0.15, 0.2) is 0 Å². The van der Waals surface area contributed by atoms with E-state index < -0.39 is 5.60 Å². The molecule has 0 bridgehead atoms. The van der Waals surface area contributed by atoms with Crippen molar-refractivity contribution in [3.63, 3.8) is 0 Å². The molecule has 0 spiro atoms. The summed E-state index contributed by atoms with van der Waals surface area (Å²) in [5.41, 5.74) is -0.425. The molecule has 0 aromatic rings. The topological polar surface area (TPSA) is 38.8 Å². The van der Waals surface area contributed by atoms with Crippen LogP contribution in [0.4, 0.5) is 4.79 Å². The van der Waals surface area contributed by atoms with E-state index in [0.29, 0.717) is 6.54 Å². The molecule has 0 aliphatic carbocycles. The Bertz CT molecular complexity index is 265. The number of halogens is 1. The Kier molecular flexibility index (Phi) is 6.43. The van der Waals surface area contributed by atoms with E-state index in [4.69, 9.17) is 9.47 Å². The van der Waals surface area contributed by atoms with Crippen LogP contribution in [0.2, 0.25) is 0 Å². The van der Waals surface area contributed by atoms with Crippen LogP contribution in [0.25, 0.3) is 0 Å². The summed E-state index contributed by atoms with van der Waals surface area (Å²) in [5, 5.41) is 1.02. The van der Waals surface area contributed by atoms with Crippen LogP contribution in [0.5, 0.6) is 0 Å². The van der Waals surface area contributed by atoms with Gasteiger partial charge in [-0.3, -0.25) is 0 Å². The maximum absolute atomic E-state index is 11.8. The Morgan fingerprint density at radius 2 is 2.11 bits per heavy atom. The zero-order valence-corrected chi connectivity index (χ0v) is 13.2. The van der Waals surface area contributed by atoms with Crippen molar-refractivity contribution >= 4 is 22.0 Å². The highest BCUT2D eigenvalue weighted by atomic mass is 79.9. The van der Waals surface area contributed by atoms with Crippen LogP contribution in [0.1, 0.15) is 40.0 Å². The minimum atomic E-state index is -0.425. The molecule has 1 aliphatic rings. The molecule has 5 heteroatoms. The van der Waals surface area contributed by atoms with E-state index in [1.807, 2.05) is 20.8 Å². The summed E-state index contributed by atoms with van der Waals surface area (Å²) < 4.78 is 11.1. The Labute approximate surface area is 118 Å². The van der Waals surface area contributed by atoms with Crippen molar-refractivity contribution in [3.05, 3.63) is 0 Å². The lowest BCUT2D eigenvalue weighted by atomic mass is 10.2. The van der Waals surface area contributed by atoms with Crippen LogP contribution < -0.4 is 0 Å². The average Bonchev–Trinajstić information content (AvgIpc) is 2.71. The number of ether oxygens (including phenoxy) is 2. The standard InChI is InChI=1S/C13H24BrNO3/c1-13(2,3)18-12(16)15-8-6-11(10-15)17-9-5-4-7-14/h11H,4-10H2,1-3H3/t11-/m1/s1. The molecule has 1 heterocycles. The number of likely N-dealkylation sites (tertiary alicyclic amines) is 1. The minimum absolute atomic E-state index is 0.174. The molecule has 106 valence electrons. The zero-order valence-electron chi connectivity index (χ0n) is 11.6. The van der Waals surface area contributed by atoms with E-state index in [9.17, 15) is 4.79 Å². The molecule has 0 N–H and O–H groups in total. The Hall–Kier alpha value is -0.290. The fourth-order valence-corrected chi connectivity index (χ4v) is 2.20. The molecular weight excluding hydrogens is 298 g/mol. The summed E-state index contributed by atoms with van der Waals surface area (Å²) in [7, 11) is 0. The minimum Gasteiger partial charge on any atom is -0.444 e. The van der Waals surface area contributed by atoms with Crippen molar-refractivity contribution in [2.75, 3.05) is 25.0 Å². The van der Waals surface area contributed by atoms with E-state index in [-0.39, 0.29) is 12.2 Å². The smallest absolute Gasteiger partial charge is 0.410 e. The third-order valence-corrected chi connectivity index (χ3v) is 3.24. The van der Waals surface area contributed by atoms with Gasteiger partial charge in [0.2, 0.25) is 0 Å².